The Labute approximate surface area is 137 Å². The number of halogens is 1. The molecule has 1 aliphatic heterocycles. The Balaban J connectivity index is 2.09. The van der Waals surface area contributed by atoms with Crippen LogP contribution < -0.4 is 5.32 Å². The number of carbonyl (C=O) groups excluding carboxylic acids is 3. The van der Waals surface area contributed by atoms with Gasteiger partial charge in [-0.2, -0.15) is 0 Å². The molecule has 2 rings (SSSR count). The Morgan fingerprint density at radius 2 is 2.09 bits per heavy atom. The minimum Gasteiger partial charge on any atom is -0.480 e. The average molecular weight is 339 g/mol. The molecule has 1 unspecified atom stereocenters. The Morgan fingerprint density at radius 3 is 2.74 bits per heavy atom. The number of ketones is 1. The second kappa shape index (κ2) is 7.23. The van der Waals surface area contributed by atoms with Crippen molar-refractivity contribution < 1.29 is 24.3 Å². The highest BCUT2D eigenvalue weighted by Gasteiger charge is 2.40. The molecule has 7 nitrogen and oxygen atoms in total. The molecule has 0 saturated carbocycles. The number of nitrogens with zero attached hydrogens (tertiary/aromatic N) is 1. The van der Waals surface area contributed by atoms with Crippen molar-refractivity contribution in [1.82, 2.24) is 10.2 Å². The first-order chi connectivity index (χ1) is 10.9. The summed E-state index contributed by atoms with van der Waals surface area (Å²) in [5.41, 5.74) is 0.782. The van der Waals surface area contributed by atoms with Crippen molar-refractivity contribution in [2.75, 3.05) is 13.1 Å². The largest absolute Gasteiger partial charge is 0.480 e. The number of Topliss-reactive ketones (excluding diaryl/α,β-unsaturated/α-hetero) is 1. The number of benzene rings is 1. The van der Waals surface area contributed by atoms with Gasteiger partial charge in [-0.05, 0) is 17.7 Å². The monoisotopic (exact) mass is 338 g/mol. The number of likely N-dealkylation sites (tertiary alicyclic amines) is 1. The third kappa shape index (κ3) is 4.29. The fraction of sp³-hybridized carbons (Fsp3) is 0.333. The molecule has 122 valence electrons. The minimum atomic E-state index is -1.48. The number of piperidine rings is 1. The molecule has 1 saturated heterocycles. The molecule has 8 heteroatoms. The quantitative estimate of drug-likeness (QED) is 0.759. The third-order valence-corrected chi connectivity index (χ3v) is 3.68. The van der Waals surface area contributed by atoms with E-state index < -0.39 is 36.0 Å². The SMILES string of the molecule is O=C(O)CNC(=O)C1C(=O)CCN(Cc2cccc(Cl)c2)C1=O. The van der Waals surface area contributed by atoms with Crippen LogP contribution in [0.2, 0.25) is 5.02 Å². The first kappa shape index (κ1) is 17.0. The highest BCUT2D eigenvalue weighted by Crippen LogP contribution is 2.19. The summed E-state index contributed by atoms with van der Waals surface area (Å²) in [6, 6.07) is 6.93. The molecule has 0 aromatic heterocycles. The van der Waals surface area contributed by atoms with E-state index in [4.69, 9.17) is 16.7 Å². The maximum atomic E-state index is 12.4. The van der Waals surface area contributed by atoms with Crippen LogP contribution in [0.15, 0.2) is 24.3 Å². The molecule has 1 heterocycles. The second-order valence-corrected chi connectivity index (χ2v) is 5.59. The van der Waals surface area contributed by atoms with Crippen molar-refractivity contribution in [3.05, 3.63) is 34.9 Å². The normalized spacial score (nSPS) is 18.0. The molecular formula is C15H15ClN2O5. The van der Waals surface area contributed by atoms with Gasteiger partial charge in [0, 0.05) is 24.5 Å². The molecule has 1 atom stereocenters. The number of aliphatic carboxylic acids is 1. The van der Waals surface area contributed by atoms with Gasteiger partial charge in [-0.3, -0.25) is 19.2 Å². The van der Waals surface area contributed by atoms with E-state index in [1.165, 1.54) is 4.90 Å². The number of carbonyl (C=O) groups is 4. The first-order valence-corrected chi connectivity index (χ1v) is 7.31. The molecule has 2 amide bonds. The molecule has 1 aromatic rings. The lowest BCUT2D eigenvalue weighted by molar-refractivity contribution is -0.152. The number of hydrogen-bond acceptors (Lipinski definition) is 4. The van der Waals surface area contributed by atoms with Gasteiger partial charge in [0.2, 0.25) is 11.8 Å². The van der Waals surface area contributed by atoms with Crippen LogP contribution in [-0.4, -0.2) is 46.7 Å². The van der Waals surface area contributed by atoms with Gasteiger partial charge < -0.3 is 15.3 Å². The Morgan fingerprint density at radius 1 is 1.35 bits per heavy atom. The summed E-state index contributed by atoms with van der Waals surface area (Å²) in [5, 5.41) is 11.2. The van der Waals surface area contributed by atoms with Crippen LogP contribution in [0.5, 0.6) is 0 Å². The van der Waals surface area contributed by atoms with E-state index in [2.05, 4.69) is 5.32 Å². The van der Waals surface area contributed by atoms with Gasteiger partial charge in [0.1, 0.15) is 6.54 Å². The fourth-order valence-electron chi connectivity index (χ4n) is 2.36. The summed E-state index contributed by atoms with van der Waals surface area (Å²) in [6.07, 6.45) is 0.0530. The predicted octanol–water partition coefficient (Wildman–Crippen LogP) is 0.458. The fourth-order valence-corrected chi connectivity index (χ4v) is 2.57. The van der Waals surface area contributed by atoms with Gasteiger partial charge >= 0.3 is 5.97 Å². The van der Waals surface area contributed by atoms with Crippen molar-refractivity contribution in [2.24, 2.45) is 5.92 Å². The Kier molecular flexibility index (Phi) is 5.33. The van der Waals surface area contributed by atoms with E-state index in [1.807, 2.05) is 0 Å². The van der Waals surface area contributed by atoms with E-state index in [-0.39, 0.29) is 19.5 Å². The summed E-state index contributed by atoms with van der Waals surface area (Å²) in [7, 11) is 0. The van der Waals surface area contributed by atoms with E-state index in [1.54, 1.807) is 24.3 Å². The van der Waals surface area contributed by atoms with Crippen LogP contribution in [0.3, 0.4) is 0 Å². The summed E-state index contributed by atoms with van der Waals surface area (Å²) in [4.78, 5) is 48.0. The van der Waals surface area contributed by atoms with E-state index in [0.29, 0.717) is 5.02 Å². The molecule has 1 aromatic carbocycles. The Hall–Kier alpha value is -2.41. The number of carboxylic acid groups (broad SMARTS) is 1. The van der Waals surface area contributed by atoms with Crippen LogP contribution >= 0.6 is 11.6 Å². The summed E-state index contributed by atoms with van der Waals surface area (Å²) in [5.74, 6) is -4.73. The maximum absolute atomic E-state index is 12.4. The van der Waals surface area contributed by atoms with Crippen molar-refractivity contribution in [3.8, 4) is 0 Å². The molecule has 23 heavy (non-hydrogen) atoms. The van der Waals surface area contributed by atoms with Crippen molar-refractivity contribution in [3.63, 3.8) is 0 Å². The highest BCUT2D eigenvalue weighted by molar-refractivity contribution is 6.30. The lowest BCUT2D eigenvalue weighted by atomic mass is 9.94. The van der Waals surface area contributed by atoms with Gasteiger partial charge in [-0.25, -0.2) is 0 Å². The summed E-state index contributed by atoms with van der Waals surface area (Å²) in [6.45, 7) is -0.188. The zero-order valence-corrected chi connectivity index (χ0v) is 12.9. The topological polar surface area (TPSA) is 104 Å². The van der Waals surface area contributed by atoms with Gasteiger partial charge in [-0.1, -0.05) is 23.7 Å². The van der Waals surface area contributed by atoms with Gasteiger partial charge in [-0.15, -0.1) is 0 Å². The molecule has 0 aliphatic carbocycles. The van der Waals surface area contributed by atoms with Crippen molar-refractivity contribution >= 4 is 35.2 Å². The van der Waals surface area contributed by atoms with Crippen molar-refractivity contribution in [2.45, 2.75) is 13.0 Å². The van der Waals surface area contributed by atoms with Crippen LogP contribution in [0, 0.1) is 5.92 Å². The molecule has 0 radical (unpaired) electrons. The van der Waals surface area contributed by atoms with Crippen LogP contribution in [0.1, 0.15) is 12.0 Å². The van der Waals surface area contributed by atoms with Gasteiger partial charge in [0.25, 0.3) is 0 Å². The number of hydrogen-bond donors (Lipinski definition) is 2. The zero-order chi connectivity index (χ0) is 17.0. The lowest BCUT2D eigenvalue weighted by Gasteiger charge is -2.30. The molecule has 0 bridgehead atoms. The molecular weight excluding hydrogens is 324 g/mol. The zero-order valence-electron chi connectivity index (χ0n) is 12.1. The van der Waals surface area contributed by atoms with Gasteiger partial charge in [0.15, 0.2) is 11.7 Å². The average Bonchev–Trinajstić information content (AvgIpc) is 2.48. The van der Waals surface area contributed by atoms with Crippen LogP contribution in [0.25, 0.3) is 0 Å². The number of rotatable bonds is 5. The number of amides is 2. The maximum Gasteiger partial charge on any atom is 0.322 e. The molecule has 1 aliphatic rings. The lowest BCUT2D eigenvalue weighted by Crippen LogP contribution is -2.52. The standard InChI is InChI=1S/C15H15ClN2O5/c16-10-3-1-2-9(6-10)8-18-5-4-11(19)13(15(18)23)14(22)17-7-12(20)21/h1-3,6,13H,4-5,7-8H2,(H,17,22)(H,20,21). The summed E-state index contributed by atoms with van der Waals surface area (Å²) >= 11 is 5.89. The molecule has 0 spiro atoms. The number of carboxylic acids is 1. The van der Waals surface area contributed by atoms with Crippen molar-refractivity contribution in [1.29, 1.82) is 0 Å². The summed E-state index contributed by atoms with van der Waals surface area (Å²) < 4.78 is 0. The molecule has 2 N–H and O–H groups in total. The smallest absolute Gasteiger partial charge is 0.322 e. The first-order valence-electron chi connectivity index (χ1n) is 6.94. The van der Waals surface area contributed by atoms with E-state index in [9.17, 15) is 19.2 Å². The minimum absolute atomic E-state index is 0.0530. The number of nitrogens with one attached hydrogen (secondary N) is 1. The van der Waals surface area contributed by atoms with Crippen LogP contribution in [0.4, 0.5) is 0 Å². The van der Waals surface area contributed by atoms with E-state index >= 15 is 0 Å². The molecule has 1 fully saturated rings. The highest BCUT2D eigenvalue weighted by atomic mass is 35.5. The Bertz CT molecular complexity index is 661. The van der Waals surface area contributed by atoms with Crippen LogP contribution in [-0.2, 0) is 25.7 Å². The third-order valence-electron chi connectivity index (χ3n) is 3.45. The predicted molar refractivity (Wildman–Crippen MR) is 80.6 cm³/mol. The second-order valence-electron chi connectivity index (χ2n) is 5.15. The van der Waals surface area contributed by atoms with E-state index in [0.717, 1.165) is 5.56 Å². The van der Waals surface area contributed by atoms with Gasteiger partial charge in [0.05, 0.1) is 0 Å².